The molecule has 0 rings (SSSR count). The predicted molar refractivity (Wildman–Crippen MR) is 70.4 cm³/mol. The molecule has 18 heavy (non-hydrogen) atoms. The highest BCUT2D eigenvalue weighted by atomic mass is 16.6. The highest BCUT2D eigenvalue weighted by molar-refractivity contribution is 5.69. The maximum atomic E-state index is 11.3. The summed E-state index contributed by atoms with van der Waals surface area (Å²) in [6, 6.07) is 0. The summed E-state index contributed by atoms with van der Waals surface area (Å²) in [7, 11) is 0. The second kappa shape index (κ2) is 10.3. The molecule has 0 saturated heterocycles. The highest BCUT2D eigenvalue weighted by Gasteiger charge is 2.15. The van der Waals surface area contributed by atoms with Gasteiger partial charge in [-0.15, -0.1) is 0 Å². The molecule has 0 heterocycles. The van der Waals surface area contributed by atoms with Gasteiger partial charge in [0.1, 0.15) is 5.60 Å². The van der Waals surface area contributed by atoms with Crippen molar-refractivity contribution in [3.8, 4) is 0 Å². The summed E-state index contributed by atoms with van der Waals surface area (Å²) in [6.07, 6.45) is 2.02. The molecule has 0 saturated carbocycles. The number of carbonyl (C=O) groups excluding carboxylic acids is 1. The molecule has 0 aliphatic heterocycles. The topological polar surface area (TPSA) is 70.8 Å². The van der Waals surface area contributed by atoms with Crippen molar-refractivity contribution >= 4 is 5.97 Å². The second-order valence-electron chi connectivity index (χ2n) is 5.06. The van der Waals surface area contributed by atoms with Crippen molar-refractivity contribution in [2.24, 2.45) is 5.73 Å². The average molecular weight is 261 g/mol. The quantitative estimate of drug-likeness (QED) is 0.476. The Morgan fingerprint density at radius 3 is 2.11 bits per heavy atom. The molecule has 108 valence electrons. The smallest absolute Gasteiger partial charge is 0.308 e. The summed E-state index contributed by atoms with van der Waals surface area (Å²) in [5.74, 6) is -0.221. The van der Waals surface area contributed by atoms with Crippen LogP contribution in [0.5, 0.6) is 0 Å². The molecule has 0 amide bonds. The van der Waals surface area contributed by atoms with Gasteiger partial charge < -0.3 is 19.9 Å². The van der Waals surface area contributed by atoms with Gasteiger partial charge in [0.25, 0.3) is 0 Å². The molecule has 0 bridgehead atoms. The SMILES string of the molecule is CC(C)(C)OC(=O)CCOCCCOCCCN. The number of nitrogens with two attached hydrogens (primary N) is 1. The summed E-state index contributed by atoms with van der Waals surface area (Å²) in [5, 5.41) is 0. The van der Waals surface area contributed by atoms with E-state index < -0.39 is 5.60 Å². The fourth-order valence-corrected chi connectivity index (χ4v) is 1.20. The first-order valence-corrected chi connectivity index (χ1v) is 6.53. The van der Waals surface area contributed by atoms with E-state index in [0.29, 0.717) is 39.4 Å². The Balaban J connectivity index is 3.23. The first-order chi connectivity index (χ1) is 8.45. The maximum Gasteiger partial charge on any atom is 0.308 e. The molecule has 5 heteroatoms. The van der Waals surface area contributed by atoms with Gasteiger partial charge >= 0.3 is 5.97 Å². The Hall–Kier alpha value is -0.650. The Labute approximate surface area is 110 Å². The zero-order chi connectivity index (χ0) is 13.9. The lowest BCUT2D eigenvalue weighted by Gasteiger charge is -2.19. The van der Waals surface area contributed by atoms with Crippen molar-refractivity contribution in [3.63, 3.8) is 0 Å². The zero-order valence-corrected chi connectivity index (χ0v) is 11.9. The van der Waals surface area contributed by atoms with Crippen LogP contribution in [0.15, 0.2) is 0 Å². The first kappa shape index (κ1) is 17.4. The van der Waals surface area contributed by atoms with Gasteiger partial charge in [-0.05, 0) is 40.2 Å². The van der Waals surface area contributed by atoms with Gasteiger partial charge in [0, 0.05) is 19.8 Å². The monoisotopic (exact) mass is 261 g/mol. The van der Waals surface area contributed by atoms with Crippen molar-refractivity contribution in [1.82, 2.24) is 0 Å². The third-order valence-electron chi connectivity index (χ3n) is 1.94. The zero-order valence-electron chi connectivity index (χ0n) is 11.9. The van der Waals surface area contributed by atoms with E-state index in [1.807, 2.05) is 20.8 Å². The van der Waals surface area contributed by atoms with E-state index in [2.05, 4.69) is 0 Å². The third kappa shape index (κ3) is 13.4. The molecule has 5 nitrogen and oxygen atoms in total. The molecule has 0 aliphatic carbocycles. The number of rotatable bonds is 10. The molecular formula is C13H27NO4. The molecule has 2 N–H and O–H groups in total. The van der Waals surface area contributed by atoms with Crippen molar-refractivity contribution in [2.45, 2.75) is 45.6 Å². The van der Waals surface area contributed by atoms with E-state index in [9.17, 15) is 4.79 Å². The number of hydrogen-bond acceptors (Lipinski definition) is 5. The number of carbonyl (C=O) groups is 1. The summed E-state index contributed by atoms with van der Waals surface area (Å²) in [6.45, 7) is 8.59. The number of esters is 1. The van der Waals surface area contributed by atoms with Crippen molar-refractivity contribution in [3.05, 3.63) is 0 Å². The molecule has 0 aromatic rings. The summed E-state index contributed by atoms with van der Waals surface area (Å²) < 4.78 is 15.8. The minimum Gasteiger partial charge on any atom is -0.460 e. The van der Waals surface area contributed by atoms with Gasteiger partial charge in [0.2, 0.25) is 0 Å². The Morgan fingerprint density at radius 1 is 1.00 bits per heavy atom. The van der Waals surface area contributed by atoms with Crippen LogP contribution >= 0.6 is 0 Å². The van der Waals surface area contributed by atoms with Crippen molar-refractivity contribution in [2.75, 3.05) is 33.0 Å². The fraction of sp³-hybridized carbons (Fsp3) is 0.923. The Morgan fingerprint density at radius 2 is 1.56 bits per heavy atom. The highest BCUT2D eigenvalue weighted by Crippen LogP contribution is 2.08. The Bertz CT molecular complexity index is 214. The van der Waals surface area contributed by atoms with Gasteiger partial charge in [-0.25, -0.2) is 0 Å². The fourth-order valence-electron chi connectivity index (χ4n) is 1.20. The summed E-state index contributed by atoms with van der Waals surface area (Å²) in [4.78, 5) is 11.3. The molecule has 0 unspecified atom stereocenters. The minimum absolute atomic E-state index is 0.221. The van der Waals surface area contributed by atoms with Gasteiger partial charge in [0.15, 0.2) is 0 Å². The Kier molecular flexibility index (Phi) is 9.92. The molecular weight excluding hydrogens is 234 g/mol. The van der Waals surface area contributed by atoms with Gasteiger partial charge in [-0.1, -0.05) is 0 Å². The summed E-state index contributed by atoms with van der Waals surface area (Å²) >= 11 is 0. The van der Waals surface area contributed by atoms with E-state index in [-0.39, 0.29) is 5.97 Å². The van der Waals surface area contributed by atoms with Crippen LogP contribution in [0.2, 0.25) is 0 Å². The molecule has 0 atom stereocenters. The van der Waals surface area contributed by atoms with E-state index in [1.165, 1.54) is 0 Å². The predicted octanol–water partition coefficient (Wildman–Crippen LogP) is 1.49. The van der Waals surface area contributed by atoms with E-state index >= 15 is 0 Å². The van der Waals surface area contributed by atoms with Crippen LogP contribution < -0.4 is 5.73 Å². The van der Waals surface area contributed by atoms with Crippen LogP contribution in [-0.2, 0) is 19.0 Å². The second-order valence-corrected chi connectivity index (χ2v) is 5.06. The van der Waals surface area contributed by atoms with E-state index in [0.717, 1.165) is 12.8 Å². The number of hydrogen-bond donors (Lipinski definition) is 1. The lowest BCUT2D eigenvalue weighted by Crippen LogP contribution is -2.24. The largest absolute Gasteiger partial charge is 0.460 e. The molecule has 0 aliphatic rings. The van der Waals surface area contributed by atoms with Crippen LogP contribution in [-0.4, -0.2) is 44.5 Å². The van der Waals surface area contributed by atoms with Gasteiger partial charge in [-0.2, -0.15) is 0 Å². The van der Waals surface area contributed by atoms with Gasteiger partial charge in [-0.3, -0.25) is 4.79 Å². The lowest BCUT2D eigenvalue weighted by atomic mass is 10.2. The molecule has 0 aromatic heterocycles. The van der Waals surface area contributed by atoms with Crippen molar-refractivity contribution < 1.29 is 19.0 Å². The van der Waals surface area contributed by atoms with Crippen molar-refractivity contribution in [1.29, 1.82) is 0 Å². The lowest BCUT2D eigenvalue weighted by molar-refractivity contribution is -0.156. The maximum absolute atomic E-state index is 11.3. The molecule has 0 radical (unpaired) electrons. The molecule has 0 spiro atoms. The summed E-state index contributed by atoms with van der Waals surface area (Å²) in [5.41, 5.74) is 4.91. The van der Waals surface area contributed by atoms with Crippen LogP contribution in [0.25, 0.3) is 0 Å². The average Bonchev–Trinajstić information content (AvgIpc) is 2.24. The standard InChI is InChI=1S/C13H27NO4/c1-13(2,3)18-12(15)6-11-17-10-5-9-16-8-4-7-14/h4-11,14H2,1-3H3. The van der Waals surface area contributed by atoms with Crippen LogP contribution in [0.3, 0.4) is 0 Å². The van der Waals surface area contributed by atoms with E-state index in [1.54, 1.807) is 0 Å². The van der Waals surface area contributed by atoms with Crippen LogP contribution in [0, 0.1) is 0 Å². The van der Waals surface area contributed by atoms with E-state index in [4.69, 9.17) is 19.9 Å². The number of ether oxygens (including phenoxy) is 3. The third-order valence-corrected chi connectivity index (χ3v) is 1.94. The minimum atomic E-state index is -0.423. The molecule has 0 aromatic carbocycles. The normalized spacial score (nSPS) is 11.6. The van der Waals surface area contributed by atoms with Crippen LogP contribution in [0.1, 0.15) is 40.0 Å². The van der Waals surface area contributed by atoms with Crippen LogP contribution in [0.4, 0.5) is 0 Å². The van der Waals surface area contributed by atoms with Gasteiger partial charge in [0.05, 0.1) is 13.0 Å². The molecule has 0 fully saturated rings. The first-order valence-electron chi connectivity index (χ1n) is 6.53.